The number of fused-ring (bicyclic) bond motifs is 1. The van der Waals surface area contributed by atoms with Gasteiger partial charge in [0.1, 0.15) is 0 Å². The molecule has 4 rings (SSSR count). The maximum absolute atomic E-state index is 14.1. The van der Waals surface area contributed by atoms with Gasteiger partial charge in [-0.3, -0.25) is 4.31 Å². The normalized spacial score (nSPS) is 15.9. The number of hydrogen-bond acceptors (Lipinski definition) is 4. The lowest BCUT2D eigenvalue weighted by Crippen LogP contribution is -2.39. The smallest absolute Gasteiger partial charge is 0.264 e. The fraction of sp³-hybridized carbons (Fsp3) is 0.375. The third-order valence-corrected chi connectivity index (χ3v) is 9.36. The SMILES string of the molecule is CCc1cccc2c1N(S(=O)(=O)c1cc(C(CCCCC3=CC=CC=CC=C3)CNC)ccc1C)CCN2. The summed E-state index contributed by atoms with van der Waals surface area (Å²) in [6, 6.07) is 12.0. The number of aryl methyl sites for hydroxylation is 2. The predicted molar refractivity (Wildman–Crippen MR) is 161 cm³/mol. The summed E-state index contributed by atoms with van der Waals surface area (Å²) in [5, 5.41) is 6.71. The van der Waals surface area contributed by atoms with Crippen molar-refractivity contribution >= 4 is 21.4 Å². The monoisotopic (exact) mass is 531 g/mol. The molecule has 2 aliphatic rings. The molecule has 38 heavy (non-hydrogen) atoms. The number of unbranched alkanes of at least 4 members (excludes halogenated alkanes) is 1. The van der Waals surface area contributed by atoms with E-state index < -0.39 is 10.0 Å². The van der Waals surface area contributed by atoms with Crippen molar-refractivity contribution in [1.82, 2.24) is 5.32 Å². The zero-order chi connectivity index (χ0) is 27.0. The molecule has 0 fully saturated rings. The topological polar surface area (TPSA) is 61.4 Å². The van der Waals surface area contributed by atoms with Crippen LogP contribution in [0.1, 0.15) is 55.2 Å². The summed E-state index contributed by atoms with van der Waals surface area (Å²) in [7, 11) is -1.74. The van der Waals surface area contributed by atoms with E-state index in [1.54, 1.807) is 4.31 Å². The molecule has 0 saturated heterocycles. The average Bonchev–Trinajstić information content (AvgIpc) is 2.90. The van der Waals surface area contributed by atoms with Crippen LogP contribution in [0.25, 0.3) is 0 Å². The first-order valence-electron chi connectivity index (χ1n) is 13.8. The predicted octanol–water partition coefficient (Wildman–Crippen LogP) is 6.65. The highest BCUT2D eigenvalue weighted by atomic mass is 32.2. The number of para-hydroxylation sites is 1. The highest BCUT2D eigenvalue weighted by molar-refractivity contribution is 7.93. The number of allylic oxidation sites excluding steroid dienone is 8. The van der Waals surface area contributed by atoms with Crippen molar-refractivity contribution in [3.05, 3.63) is 101 Å². The molecule has 202 valence electrons. The summed E-state index contributed by atoms with van der Waals surface area (Å²) in [6.45, 7) is 5.80. The van der Waals surface area contributed by atoms with E-state index in [1.807, 2.05) is 50.4 Å². The second-order valence-corrected chi connectivity index (χ2v) is 11.9. The Balaban J connectivity index is 1.54. The molecule has 0 radical (unpaired) electrons. The summed E-state index contributed by atoms with van der Waals surface area (Å²) < 4.78 is 29.9. The van der Waals surface area contributed by atoms with Gasteiger partial charge in [0.2, 0.25) is 0 Å². The molecule has 1 unspecified atom stereocenters. The van der Waals surface area contributed by atoms with Crippen LogP contribution < -0.4 is 14.9 Å². The van der Waals surface area contributed by atoms with Crippen molar-refractivity contribution in [2.45, 2.75) is 56.8 Å². The van der Waals surface area contributed by atoms with Crippen molar-refractivity contribution in [1.29, 1.82) is 0 Å². The Morgan fingerprint density at radius 2 is 1.87 bits per heavy atom. The minimum atomic E-state index is -3.71. The van der Waals surface area contributed by atoms with Crippen LogP contribution in [0.4, 0.5) is 11.4 Å². The van der Waals surface area contributed by atoms with E-state index in [4.69, 9.17) is 0 Å². The summed E-state index contributed by atoms with van der Waals surface area (Å²) in [6.07, 6.45) is 19.7. The van der Waals surface area contributed by atoms with E-state index in [1.165, 1.54) is 5.57 Å². The Morgan fingerprint density at radius 3 is 2.68 bits per heavy atom. The Kier molecular flexibility index (Phi) is 9.64. The fourth-order valence-corrected chi connectivity index (χ4v) is 7.14. The Morgan fingerprint density at radius 1 is 1.05 bits per heavy atom. The number of hydrogen-bond donors (Lipinski definition) is 2. The molecule has 5 nitrogen and oxygen atoms in total. The molecule has 1 heterocycles. The maximum atomic E-state index is 14.1. The quantitative estimate of drug-likeness (QED) is 0.319. The molecule has 0 saturated carbocycles. The van der Waals surface area contributed by atoms with Crippen LogP contribution in [0, 0.1) is 6.92 Å². The van der Waals surface area contributed by atoms with Gasteiger partial charge in [-0.2, -0.15) is 0 Å². The minimum Gasteiger partial charge on any atom is -0.382 e. The molecular weight excluding hydrogens is 490 g/mol. The fourth-order valence-electron chi connectivity index (χ4n) is 5.35. The van der Waals surface area contributed by atoms with Crippen LogP contribution in [0.15, 0.2) is 89.4 Å². The molecule has 2 aromatic carbocycles. The van der Waals surface area contributed by atoms with Gasteiger partial charge in [0.25, 0.3) is 10.0 Å². The summed E-state index contributed by atoms with van der Waals surface area (Å²) in [5.74, 6) is 0.251. The number of anilines is 2. The van der Waals surface area contributed by atoms with Crippen LogP contribution in [-0.4, -0.2) is 35.1 Å². The molecule has 0 aromatic heterocycles. The molecule has 6 heteroatoms. The molecule has 0 bridgehead atoms. The Hall–Kier alpha value is -3.09. The van der Waals surface area contributed by atoms with Gasteiger partial charge in [0.15, 0.2) is 0 Å². The second-order valence-electron chi connectivity index (χ2n) is 10.1. The molecule has 2 N–H and O–H groups in total. The third kappa shape index (κ3) is 6.48. The lowest BCUT2D eigenvalue weighted by Gasteiger charge is -2.33. The summed E-state index contributed by atoms with van der Waals surface area (Å²) in [5.41, 5.74) is 5.93. The van der Waals surface area contributed by atoms with E-state index in [2.05, 4.69) is 60.1 Å². The van der Waals surface area contributed by atoms with Crippen molar-refractivity contribution in [3.63, 3.8) is 0 Å². The molecule has 0 amide bonds. The lowest BCUT2D eigenvalue weighted by atomic mass is 9.92. The zero-order valence-corrected chi connectivity index (χ0v) is 23.7. The molecule has 1 atom stereocenters. The van der Waals surface area contributed by atoms with Crippen molar-refractivity contribution in [2.75, 3.05) is 36.3 Å². The number of nitrogens with zero attached hydrogens (tertiary/aromatic N) is 1. The van der Waals surface area contributed by atoms with Gasteiger partial charge in [-0.25, -0.2) is 8.42 Å². The van der Waals surface area contributed by atoms with Crippen LogP contribution >= 0.6 is 0 Å². The summed E-state index contributed by atoms with van der Waals surface area (Å²) >= 11 is 0. The van der Waals surface area contributed by atoms with Gasteiger partial charge in [0, 0.05) is 13.1 Å². The number of nitrogens with one attached hydrogen (secondary N) is 2. The Labute approximate surface area is 229 Å². The molecule has 2 aromatic rings. The number of likely N-dealkylation sites (N-methyl/N-ethyl adjacent to an activating group) is 1. The largest absolute Gasteiger partial charge is 0.382 e. The first-order valence-corrected chi connectivity index (χ1v) is 15.2. The molecule has 1 aliphatic heterocycles. The van der Waals surface area contributed by atoms with E-state index in [-0.39, 0.29) is 5.92 Å². The van der Waals surface area contributed by atoms with Gasteiger partial charge in [-0.15, -0.1) is 0 Å². The van der Waals surface area contributed by atoms with Gasteiger partial charge in [-0.05, 0) is 80.0 Å². The maximum Gasteiger partial charge on any atom is 0.264 e. The highest BCUT2D eigenvalue weighted by Crippen LogP contribution is 2.38. The van der Waals surface area contributed by atoms with Crippen molar-refractivity contribution in [3.8, 4) is 0 Å². The van der Waals surface area contributed by atoms with Gasteiger partial charge < -0.3 is 10.6 Å². The average molecular weight is 532 g/mol. The molecular formula is C32H41N3O2S. The first-order chi connectivity index (χ1) is 18.5. The summed E-state index contributed by atoms with van der Waals surface area (Å²) in [4.78, 5) is 0.416. The van der Waals surface area contributed by atoms with Crippen molar-refractivity contribution in [2.24, 2.45) is 0 Å². The van der Waals surface area contributed by atoms with Crippen molar-refractivity contribution < 1.29 is 8.42 Å². The van der Waals surface area contributed by atoms with Crippen LogP contribution in [0.2, 0.25) is 0 Å². The third-order valence-electron chi connectivity index (χ3n) is 7.42. The van der Waals surface area contributed by atoms with Gasteiger partial charge in [-0.1, -0.05) is 80.1 Å². The van der Waals surface area contributed by atoms with Crippen LogP contribution in [-0.2, 0) is 16.4 Å². The number of benzene rings is 2. The second kappa shape index (κ2) is 13.1. The molecule has 1 aliphatic carbocycles. The lowest BCUT2D eigenvalue weighted by molar-refractivity contribution is 0.544. The minimum absolute atomic E-state index is 0.251. The van der Waals surface area contributed by atoms with E-state index in [0.717, 1.165) is 66.7 Å². The molecule has 0 spiro atoms. The highest BCUT2D eigenvalue weighted by Gasteiger charge is 2.32. The zero-order valence-electron chi connectivity index (χ0n) is 22.9. The van der Waals surface area contributed by atoms with Crippen LogP contribution in [0.3, 0.4) is 0 Å². The van der Waals surface area contributed by atoms with E-state index in [0.29, 0.717) is 18.0 Å². The number of sulfonamides is 1. The Bertz CT molecular complexity index is 1320. The van der Waals surface area contributed by atoms with Crippen LogP contribution in [0.5, 0.6) is 0 Å². The van der Waals surface area contributed by atoms with Gasteiger partial charge in [0.05, 0.1) is 22.8 Å². The van der Waals surface area contributed by atoms with Gasteiger partial charge >= 0.3 is 0 Å². The standard InChI is InChI=1S/C32H41N3O2S/c1-4-27-17-12-18-30-32(27)35(22-21-34-30)38(36,37)31-23-28(20-19-25(31)2)29(24-33-3)16-11-10-15-26-13-8-6-5-7-9-14-26/h5-9,12-14,17-20,23,29,33-34H,4,10-11,15-16,21-22,24H2,1-3H3. The van der Waals surface area contributed by atoms with E-state index >= 15 is 0 Å². The number of rotatable bonds is 11. The first kappa shape index (κ1) is 27.9. The van der Waals surface area contributed by atoms with E-state index in [9.17, 15) is 8.42 Å².